The SMILES string of the molecule is CCCC(C)(N)C(=O)N1CCN(Cc2cn3ccccc3n2)CC1. The number of pyridine rings is 1. The van der Waals surface area contributed by atoms with Crippen molar-refractivity contribution in [2.45, 2.75) is 38.8 Å². The van der Waals surface area contributed by atoms with Gasteiger partial charge in [0.2, 0.25) is 5.91 Å². The number of hydrogen-bond acceptors (Lipinski definition) is 4. The van der Waals surface area contributed by atoms with E-state index in [1.54, 1.807) is 0 Å². The van der Waals surface area contributed by atoms with Crippen molar-refractivity contribution in [1.82, 2.24) is 19.2 Å². The minimum atomic E-state index is -0.738. The molecule has 130 valence electrons. The molecule has 0 bridgehead atoms. The molecule has 0 aromatic carbocycles. The second kappa shape index (κ2) is 6.91. The quantitative estimate of drug-likeness (QED) is 0.903. The number of rotatable bonds is 5. The zero-order valence-electron chi connectivity index (χ0n) is 14.6. The van der Waals surface area contributed by atoms with Crippen LogP contribution in [-0.4, -0.2) is 56.8 Å². The highest BCUT2D eigenvalue weighted by Crippen LogP contribution is 2.16. The van der Waals surface area contributed by atoms with Gasteiger partial charge in [-0.15, -0.1) is 0 Å². The van der Waals surface area contributed by atoms with Crippen molar-refractivity contribution in [3.05, 3.63) is 36.3 Å². The lowest BCUT2D eigenvalue weighted by Crippen LogP contribution is -2.58. The zero-order valence-corrected chi connectivity index (χ0v) is 14.6. The monoisotopic (exact) mass is 329 g/mol. The van der Waals surface area contributed by atoms with Crippen LogP contribution in [0.4, 0.5) is 0 Å². The molecular formula is C18H27N5O. The van der Waals surface area contributed by atoms with E-state index in [0.717, 1.165) is 56.9 Å². The topological polar surface area (TPSA) is 66.9 Å². The minimum Gasteiger partial charge on any atom is -0.339 e. The number of imidazole rings is 1. The van der Waals surface area contributed by atoms with Gasteiger partial charge in [-0.05, 0) is 25.5 Å². The van der Waals surface area contributed by atoms with E-state index in [-0.39, 0.29) is 5.91 Å². The van der Waals surface area contributed by atoms with Crippen LogP contribution in [0.1, 0.15) is 32.4 Å². The molecule has 6 nitrogen and oxygen atoms in total. The molecule has 1 atom stereocenters. The Bertz CT molecular complexity index is 667. The molecule has 1 saturated heterocycles. The normalized spacial score (nSPS) is 18.7. The van der Waals surface area contributed by atoms with Crippen LogP contribution in [0.25, 0.3) is 5.65 Å². The summed E-state index contributed by atoms with van der Waals surface area (Å²) in [5.41, 5.74) is 7.49. The van der Waals surface area contributed by atoms with Crippen molar-refractivity contribution in [1.29, 1.82) is 0 Å². The molecule has 2 N–H and O–H groups in total. The number of carbonyl (C=O) groups is 1. The number of aromatic nitrogens is 2. The third kappa shape index (κ3) is 3.60. The summed E-state index contributed by atoms with van der Waals surface area (Å²) in [6.45, 7) is 7.93. The molecule has 3 heterocycles. The number of carbonyl (C=O) groups excluding carboxylic acids is 1. The van der Waals surface area contributed by atoms with Crippen molar-refractivity contribution in [2.24, 2.45) is 5.73 Å². The van der Waals surface area contributed by atoms with Gasteiger partial charge in [0.05, 0.1) is 11.2 Å². The molecule has 1 unspecified atom stereocenters. The lowest BCUT2D eigenvalue weighted by Gasteiger charge is -2.38. The van der Waals surface area contributed by atoms with E-state index < -0.39 is 5.54 Å². The van der Waals surface area contributed by atoms with Crippen LogP contribution < -0.4 is 5.73 Å². The number of amides is 1. The number of fused-ring (bicyclic) bond motifs is 1. The van der Waals surface area contributed by atoms with Gasteiger partial charge in [0.15, 0.2) is 0 Å². The average Bonchev–Trinajstić information content (AvgIpc) is 2.97. The van der Waals surface area contributed by atoms with Crippen molar-refractivity contribution < 1.29 is 4.79 Å². The highest BCUT2D eigenvalue weighted by molar-refractivity contribution is 5.85. The maximum Gasteiger partial charge on any atom is 0.242 e. The number of piperazine rings is 1. The summed E-state index contributed by atoms with van der Waals surface area (Å²) in [5.74, 6) is 0.0803. The Balaban J connectivity index is 1.56. The van der Waals surface area contributed by atoms with Gasteiger partial charge in [-0.3, -0.25) is 9.69 Å². The summed E-state index contributed by atoms with van der Waals surface area (Å²) in [6, 6.07) is 6.01. The van der Waals surface area contributed by atoms with Crippen molar-refractivity contribution >= 4 is 11.6 Å². The van der Waals surface area contributed by atoms with Crippen LogP contribution in [0.5, 0.6) is 0 Å². The first-order valence-corrected chi connectivity index (χ1v) is 8.73. The van der Waals surface area contributed by atoms with E-state index in [1.165, 1.54) is 0 Å². The lowest BCUT2D eigenvalue weighted by atomic mass is 9.95. The molecule has 2 aromatic rings. The lowest BCUT2D eigenvalue weighted by molar-refractivity contribution is -0.138. The third-order valence-corrected chi connectivity index (χ3v) is 4.72. The minimum absolute atomic E-state index is 0.0803. The van der Waals surface area contributed by atoms with E-state index in [9.17, 15) is 4.79 Å². The summed E-state index contributed by atoms with van der Waals surface area (Å²) < 4.78 is 2.04. The molecule has 0 spiro atoms. The molecule has 2 aromatic heterocycles. The molecule has 1 fully saturated rings. The van der Waals surface area contributed by atoms with Gasteiger partial charge in [0, 0.05) is 45.1 Å². The van der Waals surface area contributed by atoms with Gasteiger partial charge in [0.25, 0.3) is 0 Å². The van der Waals surface area contributed by atoms with Gasteiger partial charge in [-0.25, -0.2) is 4.98 Å². The van der Waals surface area contributed by atoms with Crippen LogP contribution in [0.2, 0.25) is 0 Å². The molecule has 24 heavy (non-hydrogen) atoms. The van der Waals surface area contributed by atoms with Gasteiger partial charge in [-0.1, -0.05) is 19.4 Å². The smallest absolute Gasteiger partial charge is 0.242 e. The van der Waals surface area contributed by atoms with E-state index >= 15 is 0 Å². The molecule has 1 aliphatic heterocycles. The number of nitrogens with two attached hydrogens (primary N) is 1. The Kier molecular flexibility index (Phi) is 4.87. The van der Waals surface area contributed by atoms with Crippen LogP contribution >= 0.6 is 0 Å². The molecule has 3 rings (SSSR count). The molecule has 0 aliphatic carbocycles. The molecule has 0 radical (unpaired) electrons. The largest absolute Gasteiger partial charge is 0.339 e. The summed E-state index contributed by atoms with van der Waals surface area (Å²) in [7, 11) is 0. The molecular weight excluding hydrogens is 302 g/mol. The Hall–Kier alpha value is -1.92. The van der Waals surface area contributed by atoms with E-state index in [0.29, 0.717) is 0 Å². The standard InChI is InChI=1S/C18H27N5O/c1-3-7-18(2,19)17(24)22-11-9-21(10-12-22)13-15-14-23-8-5-4-6-16(23)20-15/h4-6,8,14H,3,7,9-13,19H2,1-2H3. The molecule has 1 amide bonds. The fourth-order valence-corrected chi connectivity index (χ4v) is 3.39. The average molecular weight is 329 g/mol. The zero-order chi connectivity index (χ0) is 17.2. The fourth-order valence-electron chi connectivity index (χ4n) is 3.39. The first-order valence-electron chi connectivity index (χ1n) is 8.73. The highest BCUT2D eigenvalue weighted by Gasteiger charge is 2.33. The second-order valence-electron chi connectivity index (χ2n) is 6.93. The second-order valence-corrected chi connectivity index (χ2v) is 6.93. The van der Waals surface area contributed by atoms with E-state index in [1.807, 2.05) is 40.6 Å². The Morgan fingerprint density at radius 2 is 2.04 bits per heavy atom. The molecule has 6 heteroatoms. The van der Waals surface area contributed by atoms with Crippen molar-refractivity contribution in [2.75, 3.05) is 26.2 Å². The molecule has 0 saturated carbocycles. The predicted molar refractivity (Wildman–Crippen MR) is 94.5 cm³/mol. The maximum absolute atomic E-state index is 12.6. The predicted octanol–water partition coefficient (Wildman–Crippen LogP) is 1.50. The Morgan fingerprint density at radius 3 is 2.71 bits per heavy atom. The summed E-state index contributed by atoms with van der Waals surface area (Å²) in [6.07, 6.45) is 5.74. The van der Waals surface area contributed by atoms with Crippen molar-refractivity contribution in [3.8, 4) is 0 Å². The maximum atomic E-state index is 12.6. The van der Waals surface area contributed by atoms with Gasteiger partial charge >= 0.3 is 0 Å². The summed E-state index contributed by atoms with van der Waals surface area (Å²) in [4.78, 5) is 21.5. The van der Waals surface area contributed by atoms with Crippen LogP contribution in [-0.2, 0) is 11.3 Å². The van der Waals surface area contributed by atoms with Crippen LogP contribution in [0.15, 0.2) is 30.6 Å². The first kappa shape index (κ1) is 16.9. The number of nitrogens with zero attached hydrogens (tertiary/aromatic N) is 4. The summed E-state index contributed by atoms with van der Waals surface area (Å²) >= 11 is 0. The Labute approximate surface area is 143 Å². The Morgan fingerprint density at radius 1 is 1.29 bits per heavy atom. The third-order valence-electron chi connectivity index (χ3n) is 4.72. The molecule has 1 aliphatic rings. The van der Waals surface area contributed by atoms with Gasteiger partial charge in [0.1, 0.15) is 5.65 Å². The van der Waals surface area contributed by atoms with Gasteiger partial charge < -0.3 is 15.0 Å². The van der Waals surface area contributed by atoms with Gasteiger partial charge in [-0.2, -0.15) is 0 Å². The van der Waals surface area contributed by atoms with Crippen molar-refractivity contribution in [3.63, 3.8) is 0 Å². The van der Waals surface area contributed by atoms with Crippen LogP contribution in [0, 0.1) is 0 Å². The van der Waals surface area contributed by atoms with E-state index in [2.05, 4.69) is 23.0 Å². The summed E-state index contributed by atoms with van der Waals surface area (Å²) in [5, 5.41) is 0. The highest BCUT2D eigenvalue weighted by atomic mass is 16.2. The van der Waals surface area contributed by atoms with E-state index in [4.69, 9.17) is 5.73 Å². The van der Waals surface area contributed by atoms with Crippen LogP contribution in [0.3, 0.4) is 0 Å². The fraction of sp³-hybridized carbons (Fsp3) is 0.556. The number of hydrogen-bond donors (Lipinski definition) is 1. The first-order chi connectivity index (χ1) is 11.5.